The topological polar surface area (TPSA) is 62.3 Å². The van der Waals surface area contributed by atoms with Gasteiger partial charge in [-0.25, -0.2) is 9.37 Å². The highest BCUT2D eigenvalue weighted by Gasteiger charge is 2.30. The maximum Gasteiger partial charge on any atom is 0.224 e. The average Bonchev–Trinajstić information content (AvgIpc) is 3.02. The molecule has 1 atom stereocenters. The first-order valence-electron chi connectivity index (χ1n) is 8.72. The Labute approximate surface area is 156 Å². The zero-order chi connectivity index (χ0) is 18.5. The van der Waals surface area contributed by atoms with Gasteiger partial charge in [-0.1, -0.05) is 12.1 Å². The molecule has 1 N–H and O–H groups in total. The maximum absolute atomic E-state index is 13.3. The van der Waals surface area contributed by atoms with E-state index in [0.717, 1.165) is 17.7 Å². The molecule has 2 heterocycles. The number of carbonyl (C=O) groups excluding carboxylic acids is 2. The smallest absolute Gasteiger partial charge is 0.224 e. The summed E-state index contributed by atoms with van der Waals surface area (Å²) >= 11 is 1.59. The third kappa shape index (κ3) is 4.66. The van der Waals surface area contributed by atoms with Gasteiger partial charge in [-0.2, -0.15) is 0 Å². The number of aryl methyl sites for hydroxylation is 1. The van der Waals surface area contributed by atoms with Crippen molar-refractivity contribution in [3.8, 4) is 0 Å². The quantitative estimate of drug-likeness (QED) is 0.844. The van der Waals surface area contributed by atoms with Crippen molar-refractivity contribution in [2.24, 2.45) is 5.92 Å². The highest BCUT2D eigenvalue weighted by atomic mass is 32.1. The lowest BCUT2D eigenvalue weighted by atomic mass is 9.96. The summed E-state index contributed by atoms with van der Waals surface area (Å²) in [6.07, 6.45) is 1.67. The first-order chi connectivity index (χ1) is 12.5. The summed E-state index contributed by atoms with van der Waals surface area (Å²) < 4.78 is 13.3. The van der Waals surface area contributed by atoms with Crippen molar-refractivity contribution in [1.82, 2.24) is 15.2 Å². The molecule has 1 aliphatic rings. The molecule has 0 aliphatic carbocycles. The van der Waals surface area contributed by atoms with Gasteiger partial charge in [0.05, 0.1) is 17.1 Å². The van der Waals surface area contributed by atoms with E-state index < -0.39 is 0 Å². The number of carbonyl (C=O) groups is 2. The van der Waals surface area contributed by atoms with Gasteiger partial charge in [0.25, 0.3) is 0 Å². The number of likely N-dealkylation sites (tertiary alicyclic amines) is 1. The number of nitrogens with one attached hydrogen (secondary N) is 1. The van der Waals surface area contributed by atoms with Crippen LogP contribution in [0.2, 0.25) is 0 Å². The Morgan fingerprint density at radius 3 is 3.04 bits per heavy atom. The van der Waals surface area contributed by atoms with Crippen molar-refractivity contribution in [3.63, 3.8) is 0 Å². The first-order valence-corrected chi connectivity index (χ1v) is 9.60. The van der Waals surface area contributed by atoms with E-state index in [0.29, 0.717) is 32.5 Å². The van der Waals surface area contributed by atoms with Crippen LogP contribution in [-0.4, -0.2) is 34.8 Å². The number of thiazole rings is 1. The van der Waals surface area contributed by atoms with Gasteiger partial charge in [0, 0.05) is 37.4 Å². The molecule has 5 nitrogen and oxygen atoms in total. The van der Waals surface area contributed by atoms with Crippen LogP contribution in [0.3, 0.4) is 0 Å². The lowest BCUT2D eigenvalue weighted by Crippen LogP contribution is -2.45. The van der Waals surface area contributed by atoms with Crippen molar-refractivity contribution >= 4 is 23.2 Å². The number of piperidine rings is 1. The number of rotatable bonds is 6. The van der Waals surface area contributed by atoms with Crippen LogP contribution >= 0.6 is 11.3 Å². The van der Waals surface area contributed by atoms with Gasteiger partial charge < -0.3 is 10.2 Å². The van der Waals surface area contributed by atoms with Crippen LogP contribution in [0.4, 0.5) is 4.39 Å². The van der Waals surface area contributed by atoms with Crippen molar-refractivity contribution < 1.29 is 14.0 Å². The molecule has 0 spiro atoms. The molecule has 1 aliphatic heterocycles. The summed E-state index contributed by atoms with van der Waals surface area (Å²) in [5.74, 6) is -0.550. The van der Waals surface area contributed by atoms with Gasteiger partial charge in [-0.05, 0) is 31.0 Å². The molecule has 1 unspecified atom stereocenters. The standard InChI is InChI=1S/C19H22FN3O2S/c1-13-17(26-12-22-13)7-8-21-19(25)15-5-6-18(24)23(11-15)10-14-3-2-4-16(20)9-14/h2-4,9,12,15H,5-8,10-11H2,1H3,(H,21,25). The van der Waals surface area contributed by atoms with E-state index in [4.69, 9.17) is 0 Å². The Kier molecular flexibility index (Phi) is 5.98. The number of halogens is 1. The minimum Gasteiger partial charge on any atom is -0.355 e. The zero-order valence-corrected chi connectivity index (χ0v) is 15.5. The average molecular weight is 375 g/mol. The van der Waals surface area contributed by atoms with Crippen LogP contribution in [0.25, 0.3) is 0 Å². The molecule has 1 aromatic heterocycles. The largest absolute Gasteiger partial charge is 0.355 e. The van der Waals surface area contributed by atoms with Crippen LogP contribution in [0.1, 0.15) is 29.0 Å². The van der Waals surface area contributed by atoms with E-state index >= 15 is 0 Å². The molecule has 2 aromatic rings. The molecule has 7 heteroatoms. The number of aromatic nitrogens is 1. The summed E-state index contributed by atoms with van der Waals surface area (Å²) in [6.45, 7) is 3.24. The van der Waals surface area contributed by atoms with Gasteiger partial charge in [-0.15, -0.1) is 11.3 Å². The van der Waals surface area contributed by atoms with E-state index in [9.17, 15) is 14.0 Å². The second kappa shape index (κ2) is 8.40. The Hall–Kier alpha value is -2.28. The highest BCUT2D eigenvalue weighted by Crippen LogP contribution is 2.20. The second-order valence-corrected chi connectivity index (χ2v) is 7.48. The lowest BCUT2D eigenvalue weighted by Gasteiger charge is -2.32. The molecule has 1 aromatic carbocycles. The summed E-state index contributed by atoms with van der Waals surface area (Å²) in [4.78, 5) is 31.6. The van der Waals surface area contributed by atoms with Gasteiger partial charge in [0.15, 0.2) is 0 Å². The predicted molar refractivity (Wildman–Crippen MR) is 98.1 cm³/mol. The van der Waals surface area contributed by atoms with Crippen LogP contribution in [0, 0.1) is 18.7 Å². The Balaban J connectivity index is 1.52. The monoisotopic (exact) mass is 375 g/mol. The number of hydrogen-bond acceptors (Lipinski definition) is 4. The molecular formula is C19H22FN3O2S. The van der Waals surface area contributed by atoms with Crippen LogP contribution < -0.4 is 5.32 Å². The summed E-state index contributed by atoms with van der Waals surface area (Å²) in [5, 5.41) is 2.97. The minimum atomic E-state index is -0.320. The molecule has 26 heavy (non-hydrogen) atoms. The molecular weight excluding hydrogens is 353 g/mol. The minimum absolute atomic E-state index is 0.0126. The molecule has 138 valence electrons. The third-order valence-corrected chi connectivity index (χ3v) is 5.62. The van der Waals surface area contributed by atoms with E-state index in [1.165, 1.54) is 17.0 Å². The fourth-order valence-electron chi connectivity index (χ4n) is 3.15. The Morgan fingerprint density at radius 1 is 1.46 bits per heavy atom. The van der Waals surface area contributed by atoms with Crippen LogP contribution in [0.5, 0.6) is 0 Å². The van der Waals surface area contributed by atoms with Crippen molar-refractivity contribution in [1.29, 1.82) is 0 Å². The third-order valence-electron chi connectivity index (χ3n) is 4.63. The number of amides is 2. The van der Waals surface area contributed by atoms with E-state index in [1.807, 2.05) is 12.4 Å². The highest BCUT2D eigenvalue weighted by molar-refractivity contribution is 7.09. The van der Waals surface area contributed by atoms with E-state index in [2.05, 4.69) is 10.3 Å². The molecule has 1 saturated heterocycles. The second-order valence-electron chi connectivity index (χ2n) is 6.54. The number of nitrogens with zero attached hydrogens (tertiary/aromatic N) is 2. The fraction of sp³-hybridized carbons (Fsp3) is 0.421. The van der Waals surface area contributed by atoms with Gasteiger partial charge in [0.1, 0.15) is 5.82 Å². The Morgan fingerprint density at radius 2 is 2.31 bits per heavy atom. The number of benzene rings is 1. The SMILES string of the molecule is Cc1ncsc1CCNC(=O)C1CCC(=O)N(Cc2cccc(F)c2)C1. The van der Waals surface area contributed by atoms with Crippen LogP contribution in [-0.2, 0) is 22.6 Å². The lowest BCUT2D eigenvalue weighted by molar-refractivity contribution is -0.138. The van der Waals surface area contributed by atoms with Gasteiger partial charge in [0.2, 0.25) is 11.8 Å². The van der Waals surface area contributed by atoms with Crippen molar-refractivity contribution in [2.75, 3.05) is 13.1 Å². The van der Waals surface area contributed by atoms with Crippen molar-refractivity contribution in [3.05, 3.63) is 51.7 Å². The first kappa shape index (κ1) is 18.5. The van der Waals surface area contributed by atoms with Crippen molar-refractivity contribution in [2.45, 2.75) is 32.7 Å². The Bertz CT molecular complexity index is 793. The molecule has 3 rings (SSSR count). The van der Waals surface area contributed by atoms with Gasteiger partial charge >= 0.3 is 0 Å². The van der Waals surface area contributed by atoms with E-state index in [-0.39, 0.29) is 23.5 Å². The normalized spacial score (nSPS) is 17.4. The van der Waals surface area contributed by atoms with Gasteiger partial charge in [-0.3, -0.25) is 9.59 Å². The molecule has 0 bridgehead atoms. The summed E-state index contributed by atoms with van der Waals surface area (Å²) in [5.41, 5.74) is 3.55. The van der Waals surface area contributed by atoms with E-state index in [1.54, 1.807) is 28.4 Å². The molecule has 0 saturated carbocycles. The molecule has 1 fully saturated rings. The fourth-order valence-corrected chi connectivity index (χ4v) is 3.93. The summed E-state index contributed by atoms with van der Waals surface area (Å²) in [6, 6.07) is 6.22. The number of hydrogen-bond donors (Lipinski definition) is 1. The zero-order valence-electron chi connectivity index (χ0n) is 14.7. The maximum atomic E-state index is 13.3. The predicted octanol–water partition coefficient (Wildman–Crippen LogP) is 2.69. The van der Waals surface area contributed by atoms with Crippen LogP contribution in [0.15, 0.2) is 29.8 Å². The summed E-state index contributed by atoms with van der Waals surface area (Å²) in [7, 11) is 0. The molecule has 2 amide bonds. The molecule has 0 radical (unpaired) electrons.